The van der Waals surface area contributed by atoms with Crippen LogP contribution in [0.2, 0.25) is 0 Å². The number of amides is 1. The Morgan fingerprint density at radius 1 is 1.17 bits per heavy atom. The van der Waals surface area contributed by atoms with Crippen molar-refractivity contribution in [3.05, 3.63) is 60.2 Å². The molecule has 0 aliphatic carbocycles. The number of ether oxygens (including phenoxy) is 1. The zero-order valence-electron chi connectivity index (χ0n) is 14.1. The fraction of sp³-hybridized carbons (Fsp3) is 0.350. The Labute approximate surface area is 143 Å². The van der Waals surface area contributed by atoms with E-state index in [0.717, 1.165) is 25.3 Å². The molecule has 126 valence electrons. The highest BCUT2D eigenvalue weighted by Gasteiger charge is 2.23. The number of para-hydroxylation sites is 1. The van der Waals surface area contributed by atoms with E-state index in [4.69, 9.17) is 4.74 Å². The van der Waals surface area contributed by atoms with Gasteiger partial charge in [-0.2, -0.15) is 0 Å². The maximum absolute atomic E-state index is 12.4. The largest absolute Gasteiger partial charge is 0.457 e. The van der Waals surface area contributed by atoms with Crippen LogP contribution >= 0.6 is 0 Å². The summed E-state index contributed by atoms with van der Waals surface area (Å²) in [6, 6.07) is 17.4. The molecule has 1 heterocycles. The molecule has 3 rings (SSSR count). The van der Waals surface area contributed by atoms with Gasteiger partial charge in [0.15, 0.2) is 0 Å². The minimum atomic E-state index is -0.0449. The molecule has 1 saturated heterocycles. The summed E-state index contributed by atoms with van der Waals surface area (Å²) in [5, 5.41) is 3.06. The quantitative estimate of drug-likeness (QED) is 0.881. The molecule has 2 aromatic carbocycles. The first-order valence-corrected chi connectivity index (χ1v) is 8.61. The number of carbonyl (C=O) groups is 1. The van der Waals surface area contributed by atoms with Crippen LogP contribution in [-0.2, 0) is 0 Å². The van der Waals surface area contributed by atoms with Crippen molar-refractivity contribution >= 4 is 5.91 Å². The Morgan fingerprint density at radius 2 is 1.96 bits per heavy atom. The molecule has 1 amide bonds. The van der Waals surface area contributed by atoms with Gasteiger partial charge in [-0.15, -0.1) is 0 Å². The van der Waals surface area contributed by atoms with Crippen molar-refractivity contribution in [2.45, 2.75) is 25.8 Å². The Morgan fingerprint density at radius 3 is 2.75 bits per heavy atom. The number of likely N-dealkylation sites (tertiary alicyclic amines) is 1. The van der Waals surface area contributed by atoms with E-state index in [1.807, 2.05) is 48.5 Å². The molecule has 1 atom stereocenters. The SMILES string of the molecule is CCN1CCC[C@H]1CNC(=O)c1cccc(Oc2ccccc2)c1. The third-order valence-electron chi connectivity index (χ3n) is 4.48. The summed E-state index contributed by atoms with van der Waals surface area (Å²) in [6.45, 7) is 5.05. The minimum Gasteiger partial charge on any atom is -0.457 e. The van der Waals surface area contributed by atoms with Gasteiger partial charge in [-0.1, -0.05) is 31.2 Å². The number of rotatable bonds is 6. The van der Waals surface area contributed by atoms with Crippen LogP contribution in [0.1, 0.15) is 30.1 Å². The molecule has 0 aromatic heterocycles. The smallest absolute Gasteiger partial charge is 0.251 e. The summed E-state index contributed by atoms with van der Waals surface area (Å²) in [5.74, 6) is 1.39. The van der Waals surface area contributed by atoms with Crippen LogP contribution in [0.3, 0.4) is 0 Å². The molecule has 1 aliphatic rings. The van der Waals surface area contributed by atoms with Crippen LogP contribution in [-0.4, -0.2) is 36.5 Å². The molecule has 1 N–H and O–H groups in total. The lowest BCUT2D eigenvalue weighted by molar-refractivity contribution is 0.0941. The van der Waals surface area contributed by atoms with Gasteiger partial charge >= 0.3 is 0 Å². The molecule has 2 aromatic rings. The van der Waals surface area contributed by atoms with E-state index in [9.17, 15) is 4.79 Å². The van der Waals surface area contributed by atoms with E-state index in [-0.39, 0.29) is 5.91 Å². The minimum absolute atomic E-state index is 0.0449. The van der Waals surface area contributed by atoms with Gasteiger partial charge in [-0.05, 0) is 56.3 Å². The number of hydrogen-bond donors (Lipinski definition) is 1. The molecule has 1 fully saturated rings. The topological polar surface area (TPSA) is 41.6 Å². The van der Waals surface area contributed by atoms with Crippen LogP contribution in [0.25, 0.3) is 0 Å². The predicted octanol–water partition coefficient (Wildman–Crippen LogP) is 3.69. The summed E-state index contributed by atoms with van der Waals surface area (Å²) < 4.78 is 5.79. The Hall–Kier alpha value is -2.33. The number of hydrogen-bond acceptors (Lipinski definition) is 3. The molecule has 0 spiro atoms. The Kier molecular flexibility index (Phi) is 5.49. The maximum atomic E-state index is 12.4. The van der Waals surface area contributed by atoms with E-state index in [2.05, 4.69) is 17.1 Å². The molecular formula is C20H24N2O2. The van der Waals surface area contributed by atoms with Crippen LogP contribution in [0.15, 0.2) is 54.6 Å². The summed E-state index contributed by atoms with van der Waals surface area (Å²) in [5.41, 5.74) is 0.629. The zero-order valence-corrected chi connectivity index (χ0v) is 14.1. The molecule has 4 nitrogen and oxygen atoms in total. The normalized spacial score (nSPS) is 17.6. The van der Waals surface area contributed by atoms with Crippen molar-refractivity contribution in [1.82, 2.24) is 10.2 Å². The van der Waals surface area contributed by atoms with Crippen molar-refractivity contribution in [1.29, 1.82) is 0 Å². The second-order valence-electron chi connectivity index (χ2n) is 6.08. The van der Waals surface area contributed by atoms with Gasteiger partial charge < -0.3 is 10.1 Å². The number of nitrogens with one attached hydrogen (secondary N) is 1. The molecular weight excluding hydrogens is 300 g/mol. The van der Waals surface area contributed by atoms with Gasteiger partial charge in [-0.3, -0.25) is 9.69 Å². The average Bonchev–Trinajstić information content (AvgIpc) is 3.08. The second kappa shape index (κ2) is 7.97. The lowest BCUT2D eigenvalue weighted by Crippen LogP contribution is -2.40. The molecule has 0 unspecified atom stereocenters. The van der Waals surface area contributed by atoms with Gasteiger partial charge in [0.05, 0.1) is 0 Å². The van der Waals surface area contributed by atoms with E-state index >= 15 is 0 Å². The molecule has 1 aliphatic heterocycles. The average molecular weight is 324 g/mol. The predicted molar refractivity (Wildman–Crippen MR) is 95.6 cm³/mol. The Bertz CT molecular complexity index is 672. The molecule has 4 heteroatoms. The first-order valence-electron chi connectivity index (χ1n) is 8.61. The first-order chi connectivity index (χ1) is 11.8. The molecule has 24 heavy (non-hydrogen) atoms. The van der Waals surface area contributed by atoms with Crippen molar-refractivity contribution < 1.29 is 9.53 Å². The van der Waals surface area contributed by atoms with Crippen molar-refractivity contribution in [3.8, 4) is 11.5 Å². The van der Waals surface area contributed by atoms with Crippen LogP contribution in [0.4, 0.5) is 0 Å². The molecule has 0 radical (unpaired) electrons. The highest BCUT2D eigenvalue weighted by Crippen LogP contribution is 2.22. The fourth-order valence-electron chi connectivity index (χ4n) is 3.18. The van der Waals surface area contributed by atoms with Gasteiger partial charge in [0, 0.05) is 18.2 Å². The number of likely N-dealkylation sites (N-methyl/N-ethyl adjacent to an activating group) is 1. The highest BCUT2D eigenvalue weighted by molar-refractivity contribution is 5.94. The summed E-state index contributed by atoms with van der Waals surface area (Å²) in [7, 11) is 0. The van der Waals surface area contributed by atoms with Crippen molar-refractivity contribution in [2.75, 3.05) is 19.6 Å². The molecule has 0 saturated carbocycles. The molecule has 0 bridgehead atoms. The number of carbonyl (C=O) groups excluding carboxylic acids is 1. The summed E-state index contributed by atoms with van der Waals surface area (Å²) >= 11 is 0. The number of benzene rings is 2. The summed E-state index contributed by atoms with van der Waals surface area (Å²) in [6.07, 6.45) is 2.38. The van der Waals surface area contributed by atoms with E-state index < -0.39 is 0 Å². The summed E-state index contributed by atoms with van der Waals surface area (Å²) in [4.78, 5) is 14.8. The van der Waals surface area contributed by atoms with Gasteiger partial charge in [0.2, 0.25) is 0 Å². The monoisotopic (exact) mass is 324 g/mol. The van der Waals surface area contributed by atoms with Gasteiger partial charge in [0.25, 0.3) is 5.91 Å². The van der Waals surface area contributed by atoms with E-state index in [1.54, 1.807) is 6.07 Å². The fourth-order valence-corrected chi connectivity index (χ4v) is 3.18. The van der Waals surface area contributed by atoms with Gasteiger partial charge in [0.1, 0.15) is 11.5 Å². The van der Waals surface area contributed by atoms with Crippen molar-refractivity contribution in [2.24, 2.45) is 0 Å². The van der Waals surface area contributed by atoms with E-state index in [0.29, 0.717) is 23.9 Å². The lowest BCUT2D eigenvalue weighted by Gasteiger charge is -2.22. The zero-order chi connectivity index (χ0) is 16.8. The number of nitrogens with zero attached hydrogens (tertiary/aromatic N) is 1. The highest BCUT2D eigenvalue weighted by atomic mass is 16.5. The maximum Gasteiger partial charge on any atom is 0.251 e. The third kappa shape index (κ3) is 4.15. The van der Waals surface area contributed by atoms with Crippen LogP contribution < -0.4 is 10.1 Å². The van der Waals surface area contributed by atoms with Crippen molar-refractivity contribution in [3.63, 3.8) is 0 Å². The van der Waals surface area contributed by atoms with Crippen LogP contribution in [0.5, 0.6) is 11.5 Å². The Balaban J connectivity index is 1.60. The lowest BCUT2D eigenvalue weighted by atomic mass is 10.1. The standard InChI is InChI=1S/C20H24N2O2/c1-2-22-13-7-9-17(22)15-21-20(23)16-8-6-12-19(14-16)24-18-10-4-3-5-11-18/h3-6,8,10-12,14,17H,2,7,9,13,15H2,1H3,(H,21,23)/t17-/m0/s1. The third-order valence-corrected chi connectivity index (χ3v) is 4.48. The first kappa shape index (κ1) is 16.5. The van der Waals surface area contributed by atoms with Crippen LogP contribution in [0, 0.1) is 0 Å². The van der Waals surface area contributed by atoms with E-state index in [1.165, 1.54) is 6.42 Å². The second-order valence-corrected chi connectivity index (χ2v) is 6.08. The van der Waals surface area contributed by atoms with Gasteiger partial charge in [-0.25, -0.2) is 0 Å².